The summed E-state index contributed by atoms with van der Waals surface area (Å²) in [6, 6.07) is 0. The van der Waals surface area contributed by atoms with Crippen LogP contribution in [0, 0.1) is 0 Å². The molecule has 0 aliphatic heterocycles. The number of hydrogen-bond donors (Lipinski definition) is 0. The largest absolute Gasteiger partial charge is 0.756 e. The van der Waals surface area contributed by atoms with Crippen molar-refractivity contribution in [2.75, 3.05) is 47.5 Å². The van der Waals surface area contributed by atoms with Crippen molar-refractivity contribution in [1.82, 2.24) is 0 Å². The summed E-state index contributed by atoms with van der Waals surface area (Å²) in [5, 5.41) is 0. The van der Waals surface area contributed by atoms with Crippen molar-refractivity contribution in [3.63, 3.8) is 0 Å². The van der Waals surface area contributed by atoms with Crippen LogP contribution in [0.1, 0.15) is 386 Å². The van der Waals surface area contributed by atoms with Gasteiger partial charge in [0.05, 0.1) is 27.7 Å². The van der Waals surface area contributed by atoms with Crippen LogP contribution in [-0.4, -0.2) is 70.0 Å². The lowest BCUT2D eigenvalue weighted by Gasteiger charge is -2.28. The number of unbranched alkanes of at least 4 members (excludes halogenated alkanes) is 49. The van der Waals surface area contributed by atoms with Crippen LogP contribution in [-0.2, 0) is 32.7 Å². The second-order valence-corrected chi connectivity index (χ2v) is 29.1. The maximum absolute atomic E-state index is 12.9. The van der Waals surface area contributed by atoms with E-state index in [9.17, 15) is 19.0 Å². The fraction of sp³-hybridized carbons (Fsp3) is 0.850. The fourth-order valence-electron chi connectivity index (χ4n) is 11.6. The standard InChI is InChI=1S/C80H150NO8P/c1-6-8-10-12-14-16-18-20-22-24-26-28-30-32-34-36-37-38-39-40-41-42-43-45-46-48-50-52-54-56-58-60-62-64-66-68-70-72-79(82)86-76-78(77-88-90(84,85)87-75-74-81(3,4)5)89-80(83)73-71-69-67-65-63-61-59-57-55-53-51-49-47-44-35-33-31-29-27-25-23-21-19-17-15-13-11-9-7-2/h9,11,15,17,21,23,27,29,33,35,78H,6-8,10,12-14,16,18-20,22,24-26,28,30-32,34,36-77H2,1-5H3/b11-9-,17-15-,23-21-,29-27-,35-33-. The lowest BCUT2D eigenvalue weighted by Crippen LogP contribution is -2.37. The van der Waals surface area contributed by atoms with Gasteiger partial charge in [-0.05, 0) is 57.8 Å². The monoisotopic (exact) mass is 1280 g/mol. The number of carbonyl (C=O) groups is 2. The number of carbonyl (C=O) groups excluding carboxylic acids is 2. The lowest BCUT2D eigenvalue weighted by atomic mass is 10.0. The third-order valence-corrected chi connectivity index (χ3v) is 18.5. The van der Waals surface area contributed by atoms with E-state index in [-0.39, 0.29) is 32.0 Å². The molecule has 0 saturated heterocycles. The topological polar surface area (TPSA) is 111 Å². The summed E-state index contributed by atoms with van der Waals surface area (Å²) < 4.78 is 34.4. The molecule has 0 heterocycles. The van der Waals surface area contributed by atoms with Gasteiger partial charge >= 0.3 is 11.9 Å². The maximum atomic E-state index is 12.9. The molecule has 90 heavy (non-hydrogen) atoms. The highest BCUT2D eigenvalue weighted by atomic mass is 31.2. The zero-order valence-electron chi connectivity index (χ0n) is 60.4. The Labute approximate surface area is 559 Å². The van der Waals surface area contributed by atoms with Gasteiger partial charge in [-0.25, -0.2) is 0 Å². The van der Waals surface area contributed by atoms with E-state index in [1.807, 2.05) is 21.1 Å². The van der Waals surface area contributed by atoms with Gasteiger partial charge in [0.25, 0.3) is 7.82 Å². The van der Waals surface area contributed by atoms with Gasteiger partial charge in [-0.1, -0.05) is 376 Å². The predicted molar refractivity (Wildman–Crippen MR) is 388 cm³/mol. The molecule has 2 unspecified atom stereocenters. The number of phosphoric acid groups is 1. The maximum Gasteiger partial charge on any atom is 0.306 e. The molecule has 0 aromatic heterocycles. The molecular formula is C80H150NO8P. The first-order valence-electron chi connectivity index (χ1n) is 39.0. The number of ether oxygens (including phenoxy) is 2. The third-order valence-electron chi connectivity index (χ3n) is 17.6. The predicted octanol–water partition coefficient (Wildman–Crippen LogP) is 25.1. The molecule has 2 atom stereocenters. The van der Waals surface area contributed by atoms with Gasteiger partial charge in [0, 0.05) is 12.8 Å². The van der Waals surface area contributed by atoms with E-state index in [2.05, 4.69) is 74.6 Å². The molecule has 0 N–H and O–H groups in total. The minimum absolute atomic E-state index is 0.0303. The van der Waals surface area contributed by atoms with Crippen LogP contribution in [0.25, 0.3) is 0 Å². The molecular weight excluding hydrogens is 1130 g/mol. The van der Waals surface area contributed by atoms with E-state index in [4.69, 9.17) is 18.5 Å². The molecule has 0 amide bonds. The van der Waals surface area contributed by atoms with Crippen LogP contribution in [0.2, 0.25) is 0 Å². The summed E-state index contributed by atoms with van der Waals surface area (Å²) in [6.45, 7) is 4.19. The van der Waals surface area contributed by atoms with Gasteiger partial charge in [-0.15, -0.1) is 0 Å². The number of esters is 2. The second kappa shape index (κ2) is 71.0. The Balaban J connectivity index is 3.92. The van der Waals surface area contributed by atoms with Crippen LogP contribution in [0.4, 0.5) is 0 Å². The SMILES string of the molecule is CC/C=C\C/C=C\C/C=C\C/C=C\C/C=C\CCCCCCCCCCCCCCCC(=O)OC(COC(=O)CCCCCCCCCCCCCCCCCCCCCCCCCCCCCCCCCCCCCCC)COP(=O)([O-])OCC[N+](C)(C)C. The summed E-state index contributed by atoms with van der Waals surface area (Å²) in [7, 11) is 1.18. The van der Waals surface area contributed by atoms with Gasteiger partial charge in [-0.2, -0.15) is 0 Å². The Morgan fingerprint density at radius 3 is 0.944 bits per heavy atom. The van der Waals surface area contributed by atoms with Crippen LogP contribution < -0.4 is 4.89 Å². The first kappa shape index (κ1) is 87.7. The van der Waals surface area contributed by atoms with E-state index in [1.165, 1.54) is 283 Å². The summed E-state index contributed by atoms with van der Waals surface area (Å²) >= 11 is 0. The van der Waals surface area contributed by atoms with Crippen molar-refractivity contribution in [3.8, 4) is 0 Å². The zero-order chi connectivity index (χ0) is 65.5. The highest BCUT2D eigenvalue weighted by molar-refractivity contribution is 7.45. The van der Waals surface area contributed by atoms with Crippen LogP contribution in [0.15, 0.2) is 60.8 Å². The summed E-state index contributed by atoms with van der Waals surface area (Å²) in [5.74, 6) is -0.817. The van der Waals surface area contributed by atoms with E-state index in [1.54, 1.807) is 0 Å². The van der Waals surface area contributed by atoms with Crippen LogP contribution in [0.3, 0.4) is 0 Å². The lowest BCUT2D eigenvalue weighted by molar-refractivity contribution is -0.870. The molecule has 0 bridgehead atoms. The molecule has 0 aromatic carbocycles. The van der Waals surface area contributed by atoms with E-state index in [0.29, 0.717) is 17.4 Å². The highest BCUT2D eigenvalue weighted by Gasteiger charge is 2.22. The van der Waals surface area contributed by atoms with E-state index >= 15 is 0 Å². The Morgan fingerprint density at radius 2 is 0.633 bits per heavy atom. The van der Waals surface area contributed by atoms with Gasteiger partial charge in [0.1, 0.15) is 19.8 Å². The van der Waals surface area contributed by atoms with Gasteiger partial charge < -0.3 is 27.9 Å². The van der Waals surface area contributed by atoms with Crippen molar-refractivity contribution < 1.29 is 42.1 Å². The highest BCUT2D eigenvalue weighted by Crippen LogP contribution is 2.38. The van der Waals surface area contributed by atoms with Crippen molar-refractivity contribution in [2.24, 2.45) is 0 Å². The summed E-state index contributed by atoms with van der Waals surface area (Å²) in [5.41, 5.74) is 0. The third kappa shape index (κ3) is 74.7. The van der Waals surface area contributed by atoms with Crippen molar-refractivity contribution in [3.05, 3.63) is 60.8 Å². The Bertz CT molecular complexity index is 1700. The minimum atomic E-state index is -4.64. The molecule has 0 rings (SSSR count). The van der Waals surface area contributed by atoms with Gasteiger partial charge in [-0.3, -0.25) is 14.2 Å². The molecule has 0 spiro atoms. The average molecular weight is 1290 g/mol. The average Bonchev–Trinajstić information content (AvgIpc) is 3.58. The molecule has 0 aliphatic carbocycles. The number of nitrogens with zero attached hydrogens (tertiary/aromatic N) is 1. The number of quaternary nitrogens is 1. The van der Waals surface area contributed by atoms with E-state index < -0.39 is 26.5 Å². The van der Waals surface area contributed by atoms with Gasteiger partial charge in [0.15, 0.2) is 6.10 Å². The van der Waals surface area contributed by atoms with Crippen molar-refractivity contribution >= 4 is 19.8 Å². The molecule has 0 saturated carbocycles. The van der Waals surface area contributed by atoms with Crippen molar-refractivity contribution in [2.45, 2.75) is 392 Å². The molecule has 0 aromatic rings. The number of likely N-dealkylation sites (N-methyl/N-ethyl adjacent to an activating group) is 1. The van der Waals surface area contributed by atoms with Gasteiger partial charge in [0.2, 0.25) is 0 Å². The molecule has 0 aliphatic rings. The first-order chi connectivity index (χ1) is 44.0. The second-order valence-electron chi connectivity index (χ2n) is 27.7. The fourth-order valence-corrected chi connectivity index (χ4v) is 12.4. The van der Waals surface area contributed by atoms with Crippen molar-refractivity contribution in [1.29, 1.82) is 0 Å². The van der Waals surface area contributed by atoms with Crippen LogP contribution in [0.5, 0.6) is 0 Å². The van der Waals surface area contributed by atoms with E-state index in [0.717, 1.165) is 70.6 Å². The molecule has 9 nitrogen and oxygen atoms in total. The number of allylic oxidation sites excluding steroid dienone is 10. The zero-order valence-corrected chi connectivity index (χ0v) is 61.2. The number of phosphoric ester groups is 1. The minimum Gasteiger partial charge on any atom is -0.756 e. The number of hydrogen-bond acceptors (Lipinski definition) is 8. The first-order valence-corrected chi connectivity index (χ1v) is 40.5. The molecule has 528 valence electrons. The normalized spacial score (nSPS) is 13.4. The summed E-state index contributed by atoms with van der Waals surface area (Å²) in [4.78, 5) is 38.1. The summed E-state index contributed by atoms with van der Waals surface area (Å²) in [6.07, 6.45) is 94.9. The smallest absolute Gasteiger partial charge is 0.306 e. The molecule has 0 radical (unpaired) electrons. The Hall–Kier alpha value is -2.29. The number of rotatable bonds is 73. The van der Waals surface area contributed by atoms with Crippen LogP contribution >= 0.6 is 7.82 Å². The molecule has 10 heteroatoms. The Morgan fingerprint density at radius 1 is 0.356 bits per heavy atom. The Kier molecular flexibility index (Phi) is 69.2. The molecule has 0 fully saturated rings. The quantitative estimate of drug-likeness (QED) is 0.0195.